The molecular formula is C31H40FN3O3. The topological polar surface area (TPSA) is 53.1 Å². The van der Waals surface area contributed by atoms with Crippen LogP contribution in [0.25, 0.3) is 0 Å². The van der Waals surface area contributed by atoms with E-state index in [0.29, 0.717) is 31.7 Å². The standard InChI is InChI=1S/C31H40FN3O3/c1-8-34(20-22(2)3)28-15-10-25(18-29(28)38-7)19-31(21-33(6)24(5)36)16-9-17-35(30(31)37)23(4)26-11-13-27(32)14-12-26/h8,10-15,18,20,23H,1,9,16-17,19,21H2,2-7H3/t23-,31?/m0/s1. The minimum Gasteiger partial charge on any atom is -0.495 e. The van der Waals surface area contributed by atoms with E-state index < -0.39 is 5.41 Å². The number of hydrogen-bond acceptors (Lipinski definition) is 4. The number of likely N-dealkylation sites (tertiary alicyclic amines) is 1. The van der Waals surface area contributed by atoms with Crippen molar-refractivity contribution in [2.75, 3.05) is 32.1 Å². The minimum atomic E-state index is -0.794. The van der Waals surface area contributed by atoms with Gasteiger partial charge in [0.25, 0.3) is 0 Å². The van der Waals surface area contributed by atoms with Crippen molar-refractivity contribution < 1.29 is 18.7 Å². The highest BCUT2D eigenvalue weighted by molar-refractivity contribution is 5.85. The molecule has 7 heteroatoms. The fraction of sp³-hybridized carbons (Fsp3) is 0.419. The largest absolute Gasteiger partial charge is 0.495 e. The van der Waals surface area contributed by atoms with Crippen molar-refractivity contribution >= 4 is 17.5 Å². The summed E-state index contributed by atoms with van der Waals surface area (Å²) in [7, 11) is 3.37. The molecule has 0 N–H and O–H groups in total. The summed E-state index contributed by atoms with van der Waals surface area (Å²) >= 11 is 0. The second-order valence-electron chi connectivity index (χ2n) is 10.5. The summed E-state index contributed by atoms with van der Waals surface area (Å²) in [5.74, 6) is 0.293. The molecule has 3 rings (SSSR count). The number of ether oxygens (including phenoxy) is 1. The van der Waals surface area contributed by atoms with Crippen LogP contribution in [0.15, 0.2) is 67.0 Å². The van der Waals surface area contributed by atoms with E-state index in [1.165, 1.54) is 19.1 Å². The first-order valence-corrected chi connectivity index (χ1v) is 13.0. The summed E-state index contributed by atoms with van der Waals surface area (Å²) in [6.07, 6.45) is 5.64. The zero-order valence-electron chi connectivity index (χ0n) is 23.5. The van der Waals surface area contributed by atoms with Crippen LogP contribution in [-0.4, -0.2) is 48.9 Å². The Labute approximate surface area is 226 Å². The number of anilines is 1. The van der Waals surface area contributed by atoms with Crippen molar-refractivity contribution in [2.45, 2.75) is 53.0 Å². The molecule has 2 aromatic rings. The number of amides is 2. The number of rotatable bonds is 10. The van der Waals surface area contributed by atoms with Crippen molar-refractivity contribution in [2.24, 2.45) is 5.41 Å². The fourth-order valence-electron chi connectivity index (χ4n) is 5.26. The lowest BCUT2D eigenvalue weighted by atomic mass is 9.73. The van der Waals surface area contributed by atoms with E-state index in [1.54, 1.807) is 37.4 Å². The summed E-state index contributed by atoms with van der Waals surface area (Å²) in [5.41, 5.74) is 3.00. The number of methoxy groups -OCH3 is 1. The van der Waals surface area contributed by atoms with Gasteiger partial charge in [0.2, 0.25) is 11.8 Å². The third-order valence-corrected chi connectivity index (χ3v) is 7.32. The average Bonchev–Trinajstić information content (AvgIpc) is 2.88. The monoisotopic (exact) mass is 521 g/mol. The zero-order chi connectivity index (χ0) is 28.0. The Morgan fingerprint density at radius 2 is 1.89 bits per heavy atom. The van der Waals surface area contributed by atoms with Gasteiger partial charge in [-0.15, -0.1) is 0 Å². The Bertz CT molecular complexity index is 1190. The molecule has 1 aliphatic heterocycles. The van der Waals surface area contributed by atoms with Crippen LogP contribution >= 0.6 is 0 Å². The van der Waals surface area contributed by atoms with Crippen molar-refractivity contribution in [1.29, 1.82) is 0 Å². The second kappa shape index (κ2) is 12.3. The van der Waals surface area contributed by atoms with Gasteiger partial charge in [0.15, 0.2) is 0 Å². The van der Waals surface area contributed by atoms with Gasteiger partial charge in [-0.05, 0) is 75.4 Å². The molecule has 1 saturated heterocycles. The molecule has 0 radical (unpaired) electrons. The molecule has 204 valence electrons. The number of piperidine rings is 1. The molecule has 1 fully saturated rings. The highest BCUT2D eigenvalue weighted by Crippen LogP contribution is 2.41. The minimum absolute atomic E-state index is 0.00831. The van der Waals surface area contributed by atoms with Crippen LogP contribution < -0.4 is 9.64 Å². The molecule has 2 aromatic carbocycles. The maximum Gasteiger partial charge on any atom is 0.231 e. The van der Waals surface area contributed by atoms with Gasteiger partial charge in [-0.25, -0.2) is 4.39 Å². The number of halogens is 1. The average molecular weight is 522 g/mol. The number of nitrogens with zero attached hydrogens (tertiary/aromatic N) is 3. The first-order chi connectivity index (χ1) is 18.0. The van der Waals surface area contributed by atoms with Gasteiger partial charge in [-0.1, -0.05) is 30.4 Å². The molecule has 6 nitrogen and oxygen atoms in total. The molecule has 0 aromatic heterocycles. The molecule has 1 aliphatic rings. The highest BCUT2D eigenvalue weighted by atomic mass is 19.1. The van der Waals surface area contributed by atoms with Gasteiger partial charge in [0, 0.05) is 39.5 Å². The lowest BCUT2D eigenvalue weighted by Gasteiger charge is -2.46. The van der Waals surface area contributed by atoms with Crippen molar-refractivity contribution in [3.05, 3.63) is 84.0 Å². The maximum absolute atomic E-state index is 14.2. The highest BCUT2D eigenvalue weighted by Gasteiger charge is 2.46. The number of allylic oxidation sites excluding steroid dienone is 1. The van der Waals surface area contributed by atoms with E-state index in [4.69, 9.17) is 4.74 Å². The van der Waals surface area contributed by atoms with E-state index in [0.717, 1.165) is 28.8 Å². The van der Waals surface area contributed by atoms with Crippen LogP contribution in [0.1, 0.15) is 57.7 Å². The molecule has 0 aliphatic carbocycles. The maximum atomic E-state index is 14.2. The Balaban J connectivity index is 2.00. The second-order valence-corrected chi connectivity index (χ2v) is 10.5. The normalized spacial score (nSPS) is 18.0. The lowest BCUT2D eigenvalue weighted by Crippen LogP contribution is -2.55. The van der Waals surface area contributed by atoms with E-state index >= 15 is 0 Å². The summed E-state index contributed by atoms with van der Waals surface area (Å²) in [6.45, 7) is 12.4. The quantitative estimate of drug-likeness (QED) is 0.379. The van der Waals surface area contributed by atoms with Crippen LogP contribution in [0.3, 0.4) is 0 Å². The van der Waals surface area contributed by atoms with E-state index in [1.807, 2.05) is 55.0 Å². The number of carbonyl (C=O) groups is 2. The van der Waals surface area contributed by atoms with E-state index in [2.05, 4.69) is 6.58 Å². The first-order valence-electron chi connectivity index (χ1n) is 13.0. The Morgan fingerprint density at radius 1 is 1.21 bits per heavy atom. The predicted molar refractivity (Wildman–Crippen MR) is 150 cm³/mol. The SMILES string of the molecule is C=CN(C=C(C)C)c1ccc(CC2(CN(C)C(C)=O)CCCN([C@@H](C)c3ccc(F)cc3)C2=O)cc1OC. The fourth-order valence-corrected chi connectivity index (χ4v) is 5.26. The van der Waals surface area contributed by atoms with Crippen molar-refractivity contribution in [3.8, 4) is 5.75 Å². The van der Waals surface area contributed by atoms with Gasteiger partial charge in [0.05, 0.1) is 24.3 Å². The zero-order valence-corrected chi connectivity index (χ0v) is 23.5. The van der Waals surface area contributed by atoms with Gasteiger partial charge < -0.3 is 19.4 Å². The third-order valence-electron chi connectivity index (χ3n) is 7.32. The van der Waals surface area contributed by atoms with Crippen molar-refractivity contribution in [1.82, 2.24) is 9.80 Å². The van der Waals surface area contributed by atoms with Crippen molar-refractivity contribution in [3.63, 3.8) is 0 Å². The van der Waals surface area contributed by atoms with Crippen LogP contribution in [-0.2, 0) is 16.0 Å². The van der Waals surface area contributed by atoms with Crippen LogP contribution in [0.4, 0.5) is 10.1 Å². The molecule has 38 heavy (non-hydrogen) atoms. The number of hydrogen-bond donors (Lipinski definition) is 0. The Hall–Kier alpha value is -3.61. The molecule has 2 amide bonds. The smallest absolute Gasteiger partial charge is 0.231 e. The Morgan fingerprint density at radius 3 is 2.47 bits per heavy atom. The van der Waals surface area contributed by atoms with Crippen LogP contribution in [0.5, 0.6) is 5.75 Å². The number of carbonyl (C=O) groups excluding carboxylic acids is 2. The summed E-state index contributed by atoms with van der Waals surface area (Å²) in [4.78, 5) is 31.9. The molecule has 0 saturated carbocycles. The lowest BCUT2D eigenvalue weighted by molar-refractivity contribution is -0.151. The summed E-state index contributed by atoms with van der Waals surface area (Å²) in [6, 6.07) is 12.0. The van der Waals surface area contributed by atoms with E-state index in [9.17, 15) is 14.0 Å². The van der Waals surface area contributed by atoms with Gasteiger partial charge in [-0.2, -0.15) is 0 Å². The van der Waals surface area contributed by atoms with Crippen LogP contribution in [0, 0.1) is 11.2 Å². The van der Waals surface area contributed by atoms with Gasteiger partial charge >= 0.3 is 0 Å². The van der Waals surface area contributed by atoms with E-state index in [-0.39, 0.29) is 23.7 Å². The third kappa shape index (κ3) is 6.44. The molecule has 1 unspecified atom stereocenters. The van der Waals surface area contributed by atoms with Crippen LogP contribution in [0.2, 0.25) is 0 Å². The Kier molecular flexibility index (Phi) is 9.36. The van der Waals surface area contributed by atoms with Gasteiger partial charge in [0.1, 0.15) is 11.6 Å². The molecule has 1 heterocycles. The van der Waals surface area contributed by atoms with Gasteiger partial charge in [-0.3, -0.25) is 9.59 Å². The molecule has 0 bridgehead atoms. The summed E-state index contributed by atoms with van der Waals surface area (Å²) < 4.78 is 19.3. The molecule has 2 atom stereocenters. The molecular weight excluding hydrogens is 481 g/mol. The number of benzene rings is 2. The first kappa shape index (κ1) is 29.0. The predicted octanol–water partition coefficient (Wildman–Crippen LogP) is 6.10. The molecule has 0 spiro atoms. The summed E-state index contributed by atoms with van der Waals surface area (Å²) in [5, 5.41) is 0.